The van der Waals surface area contributed by atoms with Gasteiger partial charge in [-0.3, -0.25) is 4.57 Å². The van der Waals surface area contributed by atoms with Gasteiger partial charge in [0.05, 0.1) is 12.9 Å². The number of nitrogens with zero attached hydrogens (tertiary/aromatic N) is 3. The quantitative estimate of drug-likeness (QED) is 0.508. The molecule has 120 valence electrons. The van der Waals surface area contributed by atoms with E-state index in [4.69, 9.17) is 9.15 Å². The van der Waals surface area contributed by atoms with Crippen molar-refractivity contribution in [1.29, 1.82) is 0 Å². The molecule has 0 unspecified atom stereocenters. The normalized spacial score (nSPS) is 11.0. The van der Waals surface area contributed by atoms with Gasteiger partial charge >= 0.3 is 0 Å². The molecule has 0 amide bonds. The third-order valence-electron chi connectivity index (χ3n) is 3.62. The van der Waals surface area contributed by atoms with Gasteiger partial charge in [0, 0.05) is 18.1 Å². The number of thioether (sulfide) groups is 1. The average molecular weight is 337 g/mol. The summed E-state index contributed by atoms with van der Waals surface area (Å²) in [6.45, 7) is 0. The minimum atomic E-state index is 0.627. The van der Waals surface area contributed by atoms with Gasteiger partial charge in [0.2, 0.25) is 5.89 Å². The molecule has 5 nitrogen and oxygen atoms in total. The van der Waals surface area contributed by atoms with Crippen LogP contribution in [0.5, 0.6) is 5.75 Å². The van der Waals surface area contributed by atoms with E-state index in [-0.39, 0.29) is 0 Å². The fourth-order valence-electron chi connectivity index (χ4n) is 2.44. The lowest BCUT2D eigenvalue weighted by Crippen LogP contribution is -1.95. The highest BCUT2D eigenvalue weighted by Gasteiger charge is 2.10. The summed E-state index contributed by atoms with van der Waals surface area (Å²) >= 11 is 1.59. The van der Waals surface area contributed by atoms with Gasteiger partial charge in [-0.1, -0.05) is 23.9 Å². The molecule has 4 rings (SSSR count). The van der Waals surface area contributed by atoms with E-state index in [1.807, 2.05) is 59.3 Å². The largest absolute Gasteiger partial charge is 0.497 e. The average Bonchev–Trinajstić information content (AvgIpc) is 3.26. The number of hydrogen-bond acceptors (Lipinski definition) is 5. The maximum absolute atomic E-state index is 5.76. The Balaban J connectivity index is 1.53. The number of ether oxygens (including phenoxy) is 1. The van der Waals surface area contributed by atoms with Crippen LogP contribution in [0, 0.1) is 0 Å². The summed E-state index contributed by atoms with van der Waals surface area (Å²) in [5, 5.41) is 0.891. The first-order chi connectivity index (χ1) is 11.8. The van der Waals surface area contributed by atoms with Gasteiger partial charge in [-0.15, -0.1) is 0 Å². The van der Waals surface area contributed by atoms with E-state index in [2.05, 4.69) is 9.97 Å². The zero-order valence-electron chi connectivity index (χ0n) is 13.0. The van der Waals surface area contributed by atoms with Crippen molar-refractivity contribution in [3.05, 3.63) is 66.8 Å². The second kappa shape index (κ2) is 6.41. The molecule has 6 heteroatoms. The molecule has 2 aromatic heterocycles. The zero-order chi connectivity index (χ0) is 16.4. The Kier molecular flexibility index (Phi) is 3.96. The van der Waals surface area contributed by atoms with Crippen LogP contribution < -0.4 is 4.74 Å². The van der Waals surface area contributed by atoms with Crippen LogP contribution in [0.2, 0.25) is 0 Å². The highest BCUT2D eigenvalue weighted by atomic mass is 32.2. The summed E-state index contributed by atoms with van der Waals surface area (Å²) in [5.41, 5.74) is 2.73. The van der Waals surface area contributed by atoms with E-state index >= 15 is 0 Å². The van der Waals surface area contributed by atoms with Crippen LogP contribution in [0.15, 0.2) is 70.5 Å². The van der Waals surface area contributed by atoms with E-state index in [1.165, 1.54) is 0 Å². The molecule has 24 heavy (non-hydrogen) atoms. The lowest BCUT2D eigenvalue weighted by atomic mass is 10.3. The van der Waals surface area contributed by atoms with E-state index in [9.17, 15) is 0 Å². The van der Waals surface area contributed by atoms with Gasteiger partial charge in [-0.2, -0.15) is 0 Å². The van der Waals surface area contributed by atoms with Gasteiger partial charge in [-0.25, -0.2) is 9.97 Å². The van der Waals surface area contributed by atoms with E-state index in [1.54, 1.807) is 25.1 Å². The van der Waals surface area contributed by atoms with Crippen molar-refractivity contribution in [3.8, 4) is 11.4 Å². The SMILES string of the molecule is COc1ccc(-n2ccnc2SCc2nc3ccccc3o2)cc1. The van der Waals surface area contributed by atoms with Crippen molar-refractivity contribution >= 4 is 22.9 Å². The summed E-state index contributed by atoms with van der Waals surface area (Å²) in [7, 11) is 1.66. The van der Waals surface area contributed by atoms with Crippen molar-refractivity contribution < 1.29 is 9.15 Å². The molecule has 0 saturated heterocycles. The van der Waals surface area contributed by atoms with Crippen LogP contribution in [0.1, 0.15) is 5.89 Å². The maximum Gasteiger partial charge on any atom is 0.205 e. The number of hydrogen-bond donors (Lipinski definition) is 0. The molecule has 0 aliphatic rings. The second-order valence-corrected chi connectivity index (χ2v) is 6.08. The minimum absolute atomic E-state index is 0.627. The van der Waals surface area contributed by atoms with E-state index in [0.717, 1.165) is 27.7 Å². The van der Waals surface area contributed by atoms with Gasteiger partial charge in [0.25, 0.3) is 0 Å². The van der Waals surface area contributed by atoms with Crippen LogP contribution >= 0.6 is 11.8 Å². The number of para-hydroxylation sites is 2. The fourth-order valence-corrected chi connectivity index (χ4v) is 3.26. The van der Waals surface area contributed by atoms with Crippen molar-refractivity contribution in [2.24, 2.45) is 0 Å². The molecule has 2 aromatic carbocycles. The number of oxazole rings is 1. The van der Waals surface area contributed by atoms with Crippen molar-refractivity contribution in [1.82, 2.24) is 14.5 Å². The topological polar surface area (TPSA) is 53.1 Å². The number of rotatable bonds is 5. The van der Waals surface area contributed by atoms with Gasteiger partial charge in [0.1, 0.15) is 11.3 Å². The third-order valence-corrected chi connectivity index (χ3v) is 4.57. The first-order valence-electron chi connectivity index (χ1n) is 7.48. The molecule has 0 saturated carbocycles. The van der Waals surface area contributed by atoms with E-state index < -0.39 is 0 Å². The zero-order valence-corrected chi connectivity index (χ0v) is 13.9. The number of aromatic nitrogens is 3. The first kappa shape index (κ1) is 14.8. The lowest BCUT2D eigenvalue weighted by molar-refractivity contribution is 0.414. The predicted octanol–water partition coefficient (Wildman–Crippen LogP) is 4.31. The Hall–Kier alpha value is -2.73. The molecule has 0 N–H and O–H groups in total. The minimum Gasteiger partial charge on any atom is -0.497 e. The first-order valence-corrected chi connectivity index (χ1v) is 8.47. The van der Waals surface area contributed by atoms with E-state index in [0.29, 0.717) is 11.6 Å². The number of imidazole rings is 1. The Morgan fingerprint density at radius 1 is 1.12 bits per heavy atom. The predicted molar refractivity (Wildman–Crippen MR) is 93.7 cm³/mol. The Morgan fingerprint density at radius 2 is 1.96 bits per heavy atom. The summed E-state index contributed by atoms with van der Waals surface area (Å²) in [5.74, 6) is 2.16. The van der Waals surface area contributed by atoms with Crippen LogP contribution in [0.3, 0.4) is 0 Å². The molecule has 4 aromatic rings. The molecule has 0 spiro atoms. The van der Waals surface area contributed by atoms with Crippen LogP contribution in [-0.4, -0.2) is 21.6 Å². The molecule has 0 aliphatic heterocycles. The summed E-state index contributed by atoms with van der Waals surface area (Å²) in [6.07, 6.45) is 3.73. The molecule has 0 bridgehead atoms. The molecule has 0 atom stereocenters. The highest BCUT2D eigenvalue weighted by Crippen LogP contribution is 2.26. The Labute approximate surface area is 143 Å². The van der Waals surface area contributed by atoms with Gasteiger partial charge in [-0.05, 0) is 36.4 Å². The van der Waals surface area contributed by atoms with Crippen LogP contribution in [0.4, 0.5) is 0 Å². The molecule has 0 fully saturated rings. The number of benzene rings is 2. The number of methoxy groups -OCH3 is 1. The van der Waals surface area contributed by atoms with Gasteiger partial charge in [0.15, 0.2) is 10.7 Å². The van der Waals surface area contributed by atoms with Crippen LogP contribution in [-0.2, 0) is 5.75 Å². The van der Waals surface area contributed by atoms with Crippen molar-refractivity contribution in [2.45, 2.75) is 10.9 Å². The summed E-state index contributed by atoms with van der Waals surface area (Å²) in [6, 6.07) is 15.7. The number of fused-ring (bicyclic) bond motifs is 1. The van der Waals surface area contributed by atoms with Gasteiger partial charge < -0.3 is 9.15 Å². The maximum atomic E-state index is 5.76. The van der Waals surface area contributed by atoms with Crippen molar-refractivity contribution in [2.75, 3.05) is 7.11 Å². The second-order valence-electron chi connectivity index (χ2n) is 5.14. The molecular weight excluding hydrogens is 322 g/mol. The standard InChI is InChI=1S/C18H15N3O2S/c1-22-14-8-6-13(7-9-14)21-11-10-19-18(21)24-12-17-20-15-4-2-3-5-16(15)23-17/h2-11H,12H2,1H3. The Morgan fingerprint density at radius 3 is 2.75 bits per heavy atom. The van der Waals surface area contributed by atoms with Crippen molar-refractivity contribution in [3.63, 3.8) is 0 Å². The monoisotopic (exact) mass is 337 g/mol. The summed E-state index contributed by atoms with van der Waals surface area (Å²) < 4.78 is 13.0. The lowest BCUT2D eigenvalue weighted by Gasteiger charge is -2.07. The smallest absolute Gasteiger partial charge is 0.205 e. The van der Waals surface area contributed by atoms with Crippen LogP contribution in [0.25, 0.3) is 16.8 Å². The highest BCUT2D eigenvalue weighted by molar-refractivity contribution is 7.98. The third kappa shape index (κ3) is 2.88. The fraction of sp³-hybridized carbons (Fsp3) is 0.111. The Bertz CT molecular complexity index is 927. The molecule has 2 heterocycles. The molecule has 0 aliphatic carbocycles. The molecular formula is C18H15N3O2S. The summed E-state index contributed by atoms with van der Waals surface area (Å²) in [4.78, 5) is 8.93. The molecule has 0 radical (unpaired) electrons.